The van der Waals surface area contributed by atoms with E-state index in [1.54, 1.807) is 25.3 Å². The molecule has 1 aromatic rings. The van der Waals surface area contributed by atoms with Gasteiger partial charge in [-0.1, -0.05) is 18.5 Å². The molecule has 2 atom stereocenters. The van der Waals surface area contributed by atoms with Gasteiger partial charge in [0.15, 0.2) is 0 Å². The Balaban J connectivity index is 3.04. The first kappa shape index (κ1) is 13.3. The van der Waals surface area contributed by atoms with Gasteiger partial charge in [0.25, 0.3) is 0 Å². The van der Waals surface area contributed by atoms with Crippen molar-refractivity contribution in [2.75, 3.05) is 13.7 Å². The average molecular weight is 244 g/mol. The van der Waals surface area contributed by atoms with Crippen molar-refractivity contribution in [2.24, 2.45) is 11.7 Å². The third kappa shape index (κ3) is 2.88. The van der Waals surface area contributed by atoms with Crippen molar-refractivity contribution >= 4 is 11.6 Å². The van der Waals surface area contributed by atoms with E-state index in [0.29, 0.717) is 10.8 Å². The van der Waals surface area contributed by atoms with Crippen molar-refractivity contribution in [3.63, 3.8) is 0 Å². The molecule has 0 fully saturated rings. The highest BCUT2D eigenvalue weighted by molar-refractivity contribution is 6.30. The van der Waals surface area contributed by atoms with Crippen LogP contribution in [0.4, 0.5) is 0 Å². The summed E-state index contributed by atoms with van der Waals surface area (Å²) < 4.78 is 5.24. The molecule has 0 aliphatic carbocycles. The second kappa shape index (κ2) is 6.09. The maximum absolute atomic E-state index is 9.24. The van der Waals surface area contributed by atoms with Crippen LogP contribution in [0, 0.1) is 5.92 Å². The normalized spacial score (nSPS) is 14.6. The number of nitrogens with two attached hydrogens (primary N) is 1. The molecule has 0 amide bonds. The van der Waals surface area contributed by atoms with E-state index in [9.17, 15) is 5.11 Å². The second-order valence-corrected chi connectivity index (χ2v) is 4.20. The molecule has 0 aromatic heterocycles. The Hall–Kier alpha value is -0.770. The van der Waals surface area contributed by atoms with Gasteiger partial charge in [0.1, 0.15) is 5.75 Å². The fourth-order valence-corrected chi connectivity index (χ4v) is 1.90. The molecule has 0 aliphatic rings. The highest BCUT2D eigenvalue weighted by Gasteiger charge is 2.20. The number of halogens is 1. The van der Waals surface area contributed by atoms with Gasteiger partial charge < -0.3 is 15.6 Å². The summed E-state index contributed by atoms with van der Waals surface area (Å²) in [6.45, 7) is 2.06. The minimum absolute atomic E-state index is 0.0207. The van der Waals surface area contributed by atoms with Crippen LogP contribution in [-0.4, -0.2) is 18.8 Å². The van der Waals surface area contributed by atoms with Gasteiger partial charge in [-0.05, 0) is 24.6 Å². The van der Waals surface area contributed by atoms with Gasteiger partial charge in [-0.3, -0.25) is 0 Å². The molecule has 2 unspecified atom stereocenters. The quantitative estimate of drug-likeness (QED) is 0.835. The predicted octanol–water partition coefficient (Wildman–Crippen LogP) is 2.37. The van der Waals surface area contributed by atoms with Crippen LogP contribution in [0.2, 0.25) is 5.02 Å². The Kier molecular flexibility index (Phi) is 5.06. The summed E-state index contributed by atoms with van der Waals surface area (Å²) in [5.74, 6) is 0.733. The molecule has 1 rings (SSSR count). The molecule has 90 valence electrons. The van der Waals surface area contributed by atoms with Crippen molar-refractivity contribution in [3.05, 3.63) is 28.8 Å². The summed E-state index contributed by atoms with van der Waals surface area (Å²) in [5, 5.41) is 9.86. The summed E-state index contributed by atoms with van der Waals surface area (Å²) in [4.78, 5) is 0. The molecule has 3 nitrogen and oxygen atoms in total. The molecule has 4 heteroatoms. The van der Waals surface area contributed by atoms with Gasteiger partial charge in [-0.2, -0.15) is 0 Å². The molecule has 0 saturated carbocycles. The summed E-state index contributed by atoms with van der Waals surface area (Å²) in [5.41, 5.74) is 6.95. The highest BCUT2D eigenvalue weighted by Crippen LogP contribution is 2.31. The van der Waals surface area contributed by atoms with E-state index < -0.39 is 0 Å². The van der Waals surface area contributed by atoms with Crippen LogP contribution in [0.1, 0.15) is 24.9 Å². The monoisotopic (exact) mass is 243 g/mol. The first-order valence-corrected chi connectivity index (χ1v) is 5.71. The lowest BCUT2D eigenvalue weighted by Gasteiger charge is -2.22. The molecule has 0 saturated heterocycles. The predicted molar refractivity (Wildman–Crippen MR) is 65.8 cm³/mol. The number of rotatable bonds is 5. The van der Waals surface area contributed by atoms with Crippen molar-refractivity contribution in [1.82, 2.24) is 0 Å². The zero-order valence-electron chi connectivity index (χ0n) is 9.61. The van der Waals surface area contributed by atoms with E-state index in [4.69, 9.17) is 22.1 Å². The number of hydrogen-bond donors (Lipinski definition) is 2. The third-order valence-corrected chi connectivity index (χ3v) is 3.05. The number of aliphatic hydroxyl groups excluding tert-OH is 1. The number of methoxy groups -OCH3 is 1. The molecule has 0 aliphatic heterocycles. The van der Waals surface area contributed by atoms with Gasteiger partial charge in [-0.15, -0.1) is 0 Å². The first-order valence-electron chi connectivity index (χ1n) is 5.33. The molecule has 16 heavy (non-hydrogen) atoms. The highest BCUT2D eigenvalue weighted by atomic mass is 35.5. The summed E-state index contributed by atoms with van der Waals surface area (Å²) in [7, 11) is 1.60. The number of benzene rings is 1. The minimum atomic E-state index is -0.261. The van der Waals surface area contributed by atoms with Gasteiger partial charge in [0.2, 0.25) is 0 Å². The van der Waals surface area contributed by atoms with Crippen LogP contribution in [0.3, 0.4) is 0 Å². The van der Waals surface area contributed by atoms with Crippen molar-refractivity contribution < 1.29 is 9.84 Å². The Labute approximate surface area is 101 Å². The Morgan fingerprint density at radius 2 is 2.19 bits per heavy atom. The van der Waals surface area contributed by atoms with E-state index in [1.807, 2.05) is 6.92 Å². The maximum Gasteiger partial charge on any atom is 0.123 e. The zero-order chi connectivity index (χ0) is 12.1. The van der Waals surface area contributed by atoms with Crippen LogP contribution >= 0.6 is 11.6 Å². The number of hydrogen-bond acceptors (Lipinski definition) is 3. The fraction of sp³-hybridized carbons (Fsp3) is 0.500. The van der Waals surface area contributed by atoms with Gasteiger partial charge in [-0.25, -0.2) is 0 Å². The van der Waals surface area contributed by atoms with E-state index in [0.717, 1.165) is 12.0 Å². The largest absolute Gasteiger partial charge is 0.496 e. The molecular formula is C12H18ClNO2. The minimum Gasteiger partial charge on any atom is -0.496 e. The first-order chi connectivity index (χ1) is 7.63. The fourth-order valence-electron chi connectivity index (χ4n) is 1.72. The molecule has 0 bridgehead atoms. The van der Waals surface area contributed by atoms with Crippen LogP contribution in [0.15, 0.2) is 18.2 Å². The summed E-state index contributed by atoms with van der Waals surface area (Å²) in [6.07, 6.45) is 0.813. The number of aliphatic hydroxyl groups is 1. The van der Waals surface area contributed by atoms with E-state index in [2.05, 4.69) is 0 Å². The van der Waals surface area contributed by atoms with Crippen molar-refractivity contribution in [2.45, 2.75) is 19.4 Å². The Bertz CT molecular complexity index is 340. The van der Waals surface area contributed by atoms with Crippen molar-refractivity contribution in [3.8, 4) is 5.75 Å². The molecule has 0 spiro atoms. The van der Waals surface area contributed by atoms with Crippen molar-refractivity contribution in [1.29, 1.82) is 0 Å². The number of ether oxygens (including phenoxy) is 1. The van der Waals surface area contributed by atoms with Crippen LogP contribution in [0.5, 0.6) is 5.75 Å². The average Bonchev–Trinajstić information content (AvgIpc) is 2.30. The SMILES string of the molecule is CCC(CO)C(N)c1cc(Cl)ccc1OC. The lowest BCUT2D eigenvalue weighted by atomic mass is 9.92. The van der Waals surface area contributed by atoms with E-state index in [-0.39, 0.29) is 18.6 Å². The maximum atomic E-state index is 9.24. The summed E-state index contributed by atoms with van der Waals surface area (Å²) in [6, 6.07) is 5.09. The van der Waals surface area contributed by atoms with Crippen LogP contribution in [0.25, 0.3) is 0 Å². The third-order valence-electron chi connectivity index (χ3n) is 2.82. The van der Waals surface area contributed by atoms with E-state index >= 15 is 0 Å². The smallest absolute Gasteiger partial charge is 0.123 e. The van der Waals surface area contributed by atoms with Crippen LogP contribution in [-0.2, 0) is 0 Å². The van der Waals surface area contributed by atoms with Gasteiger partial charge in [0.05, 0.1) is 7.11 Å². The lowest BCUT2D eigenvalue weighted by Crippen LogP contribution is -2.24. The van der Waals surface area contributed by atoms with Gasteiger partial charge >= 0.3 is 0 Å². The standard InChI is InChI=1S/C12H18ClNO2/c1-3-8(7-15)12(14)10-6-9(13)4-5-11(10)16-2/h4-6,8,12,15H,3,7,14H2,1-2H3. The zero-order valence-corrected chi connectivity index (χ0v) is 10.4. The van der Waals surface area contributed by atoms with E-state index in [1.165, 1.54) is 0 Å². The molecule has 1 aromatic carbocycles. The topological polar surface area (TPSA) is 55.5 Å². The Morgan fingerprint density at radius 1 is 1.50 bits per heavy atom. The van der Waals surface area contributed by atoms with Gasteiger partial charge in [0, 0.05) is 29.2 Å². The van der Waals surface area contributed by atoms with Crippen LogP contribution < -0.4 is 10.5 Å². The summed E-state index contributed by atoms with van der Waals surface area (Å²) >= 11 is 5.94. The molecule has 0 radical (unpaired) electrons. The molecule has 3 N–H and O–H groups in total. The molecule has 0 heterocycles. The second-order valence-electron chi connectivity index (χ2n) is 3.76. The molecular weight excluding hydrogens is 226 g/mol. The Morgan fingerprint density at radius 3 is 2.69 bits per heavy atom. The lowest BCUT2D eigenvalue weighted by molar-refractivity contribution is 0.199.